The zero-order valence-corrected chi connectivity index (χ0v) is 16.1. The molecule has 1 heterocycles. The second-order valence-corrected chi connectivity index (χ2v) is 7.38. The number of aromatic nitrogens is 1. The highest BCUT2D eigenvalue weighted by Crippen LogP contribution is 2.26. The third-order valence-corrected chi connectivity index (χ3v) is 3.88. The van der Waals surface area contributed by atoms with Crippen molar-refractivity contribution < 1.29 is 14.1 Å². The molecule has 0 fully saturated rings. The summed E-state index contributed by atoms with van der Waals surface area (Å²) in [5, 5.41) is 9.37. The van der Waals surface area contributed by atoms with E-state index in [1.165, 1.54) is 0 Å². The molecule has 0 spiro atoms. The Hall–Kier alpha value is -2.83. The Labute approximate surface area is 153 Å². The molecule has 7 heteroatoms. The van der Waals surface area contributed by atoms with E-state index in [1.54, 1.807) is 6.92 Å². The van der Waals surface area contributed by atoms with Gasteiger partial charge in [-0.1, -0.05) is 25.9 Å². The van der Waals surface area contributed by atoms with E-state index in [1.807, 2.05) is 64.0 Å². The molecule has 140 valence electrons. The Bertz CT molecular complexity index is 786. The standard InChI is InChI=1S/C19H26N4O3/c1-12-16(17(22-26-12)19(2,3)4)18(25)20-11-15(24)21-13-7-9-14(10-8-13)23(5)6/h7-10H,11H2,1-6H3,(H,20,25)(H,21,24). The van der Waals surface area contributed by atoms with Crippen LogP contribution in [0.4, 0.5) is 11.4 Å². The number of aryl methyl sites for hydroxylation is 1. The van der Waals surface area contributed by atoms with Crippen LogP contribution in [-0.4, -0.2) is 37.6 Å². The summed E-state index contributed by atoms with van der Waals surface area (Å²) < 4.78 is 5.16. The number of carbonyl (C=O) groups excluding carboxylic acids is 2. The predicted octanol–water partition coefficient (Wildman–Crippen LogP) is 2.72. The molecule has 2 amide bonds. The quantitative estimate of drug-likeness (QED) is 0.858. The molecule has 1 aromatic heterocycles. The van der Waals surface area contributed by atoms with Crippen molar-refractivity contribution in [2.75, 3.05) is 30.9 Å². The highest BCUT2D eigenvalue weighted by Gasteiger charge is 2.28. The maximum Gasteiger partial charge on any atom is 0.257 e. The molecule has 2 N–H and O–H groups in total. The van der Waals surface area contributed by atoms with Crippen molar-refractivity contribution in [2.24, 2.45) is 0 Å². The molecular formula is C19H26N4O3. The first kappa shape index (κ1) is 19.5. The molecule has 0 unspecified atom stereocenters. The fraction of sp³-hybridized carbons (Fsp3) is 0.421. The van der Waals surface area contributed by atoms with Crippen LogP contribution in [-0.2, 0) is 10.2 Å². The average Bonchev–Trinajstić information content (AvgIpc) is 2.95. The zero-order valence-electron chi connectivity index (χ0n) is 16.1. The van der Waals surface area contributed by atoms with Gasteiger partial charge >= 0.3 is 0 Å². The van der Waals surface area contributed by atoms with Crippen LogP contribution in [0.15, 0.2) is 28.8 Å². The van der Waals surface area contributed by atoms with E-state index in [2.05, 4.69) is 15.8 Å². The lowest BCUT2D eigenvalue weighted by Crippen LogP contribution is -2.34. The van der Waals surface area contributed by atoms with Gasteiger partial charge in [0.05, 0.1) is 6.54 Å². The minimum Gasteiger partial charge on any atom is -0.378 e. The van der Waals surface area contributed by atoms with Gasteiger partial charge in [0.1, 0.15) is 17.0 Å². The van der Waals surface area contributed by atoms with E-state index in [0.717, 1.165) is 5.69 Å². The van der Waals surface area contributed by atoms with E-state index < -0.39 is 0 Å². The maximum absolute atomic E-state index is 12.5. The second kappa shape index (κ2) is 7.59. The van der Waals surface area contributed by atoms with Gasteiger partial charge in [0.25, 0.3) is 5.91 Å². The van der Waals surface area contributed by atoms with Crippen LogP contribution in [0.2, 0.25) is 0 Å². The molecule has 0 saturated heterocycles. The van der Waals surface area contributed by atoms with Crippen LogP contribution in [0.25, 0.3) is 0 Å². The normalized spacial score (nSPS) is 11.2. The third-order valence-electron chi connectivity index (χ3n) is 3.88. The van der Waals surface area contributed by atoms with Crippen LogP contribution >= 0.6 is 0 Å². The number of nitrogens with zero attached hydrogens (tertiary/aromatic N) is 2. The van der Waals surface area contributed by atoms with E-state index in [4.69, 9.17) is 4.52 Å². The van der Waals surface area contributed by atoms with Crippen molar-refractivity contribution in [1.82, 2.24) is 10.5 Å². The van der Waals surface area contributed by atoms with Crippen LogP contribution in [0.3, 0.4) is 0 Å². The van der Waals surface area contributed by atoms with Crippen molar-refractivity contribution in [3.63, 3.8) is 0 Å². The highest BCUT2D eigenvalue weighted by molar-refractivity contribution is 6.00. The van der Waals surface area contributed by atoms with E-state index in [0.29, 0.717) is 22.7 Å². The van der Waals surface area contributed by atoms with Crippen LogP contribution in [0.1, 0.15) is 42.6 Å². The molecule has 0 aliphatic rings. The number of rotatable bonds is 5. The number of amides is 2. The highest BCUT2D eigenvalue weighted by atomic mass is 16.5. The topological polar surface area (TPSA) is 87.5 Å². The predicted molar refractivity (Wildman–Crippen MR) is 102 cm³/mol. The first-order chi connectivity index (χ1) is 12.1. The van der Waals surface area contributed by atoms with E-state index in [9.17, 15) is 9.59 Å². The Kier molecular flexibility index (Phi) is 5.69. The Morgan fingerprint density at radius 2 is 1.77 bits per heavy atom. The average molecular weight is 358 g/mol. The molecule has 26 heavy (non-hydrogen) atoms. The lowest BCUT2D eigenvalue weighted by atomic mass is 9.88. The molecule has 0 aliphatic carbocycles. The first-order valence-electron chi connectivity index (χ1n) is 8.42. The first-order valence-corrected chi connectivity index (χ1v) is 8.42. The van der Waals surface area contributed by atoms with E-state index >= 15 is 0 Å². The molecule has 2 rings (SSSR count). The summed E-state index contributed by atoms with van der Waals surface area (Å²) in [5.41, 5.74) is 2.34. The lowest BCUT2D eigenvalue weighted by molar-refractivity contribution is -0.115. The van der Waals surface area contributed by atoms with Gasteiger partial charge in [0, 0.05) is 30.9 Å². The summed E-state index contributed by atoms with van der Waals surface area (Å²) in [6.45, 7) is 7.40. The van der Waals surface area contributed by atoms with Crippen molar-refractivity contribution >= 4 is 23.2 Å². The molecule has 0 aliphatic heterocycles. The Morgan fingerprint density at radius 3 is 2.31 bits per heavy atom. The van der Waals surface area contributed by atoms with Gasteiger partial charge in [-0.15, -0.1) is 0 Å². The number of hydrogen-bond acceptors (Lipinski definition) is 5. The summed E-state index contributed by atoms with van der Waals surface area (Å²) in [6, 6.07) is 7.45. The number of hydrogen-bond donors (Lipinski definition) is 2. The molecule has 7 nitrogen and oxygen atoms in total. The molecule has 0 radical (unpaired) electrons. The molecule has 0 saturated carbocycles. The van der Waals surface area contributed by atoms with Crippen LogP contribution in [0.5, 0.6) is 0 Å². The van der Waals surface area contributed by atoms with Crippen LogP contribution < -0.4 is 15.5 Å². The fourth-order valence-electron chi connectivity index (χ4n) is 2.45. The maximum atomic E-state index is 12.5. The lowest BCUT2D eigenvalue weighted by Gasteiger charge is -2.16. The van der Waals surface area contributed by atoms with Crippen molar-refractivity contribution in [3.05, 3.63) is 41.3 Å². The number of benzene rings is 1. The molecule has 0 atom stereocenters. The largest absolute Gasteiger partial charge is 0.378 e. The SMILES string of the molecule is Cc1onc(C(C)(C)C)c1C(=O)NCC(=O)Nc1ccc(N(C)C)cc1. The van der Waals surface area contributed by atoms with Gasteiger partial charge in [0.15, 0.2) is 0 Å². The van der Waals surface area contributed by atoms with Crippen molar-refractivity contribution in [2.45, 2.75) is 33.1 Å². The van der Waals surface area contributed by atoms with Gasteiger partial charge < -0.3 is 20.1 Å². The van der Waals surface area contributed by atoms with Gasteiger partial charge in [-0.3, -0.25) is 9.59 Å². The number of nitrogens with one attached hydrogen (secondary N) is 2. The smallest absolute Gasteiger partial charge is 0.257 e. The molecular weight excluding hydrogens is 332 g/mol. The van der Waals surface area contributed by atoms with Gasteiger partial charge in [0.2, 0.25) is 5.91 Å². The summed E-state index contributed by atoms with van der Waals surface area (Å²) in [4.78, 5) is 26.5. The summed E-state index contributed by atoms with van der Waals surface area (Å²) in [5.74, 6) is -0.235. The summed E-state index contributed by atoms with van der Waals surface area (Å²) in [7, 11) is 3.89. The minimum atomic E-state index is -0.369. The Balaban J connectivity index is 1.97. The molecule has 2 aromatic rings. The zero-order chi connectivity index (χ0) is 19.5. The third kappa shape index (κ3) is 4.62. The van der Waals surface area contributed by atoms with Crippen molar-refractivity contribution in [1.29, 1.82) is 0 Å². The second-order valence-electron chi connectivity index (χ2n) is 7.38. The fourth-order valence-corrected chi connectivity index (χ4v) is 2.45. The Morgan fingerprint density at radius 1 is 1.15 bits per heavy atom. The van der Waals surface area contributed by atoms with Crippen molar-refractivity contribution in [3.8, 4) is 0 Å². The minimum absolute atomic E-state index is 0.136. The monoisotopic (exact) mass is 358 g/mol. The summed E-state index contributed by atoms with van der Waals surface area (Å²) in [6.07, 6.45) is 0. The number of carbonyl (C=O) groups is 2. The molecule has 0 bridgehead atoms. The van der Waals surface area contributed by atoms with Gasteiger partial charge in [-0.25, -0.2) is 0 Å². The van der Waals surface area contributed by atoms with Gasteiger partial charge in [-0.2, -0.15) is 0 Å². The van der Waals surface area contributed by atoms with Gasteiger partial charge in [-0.05, 0) is 31.2 Å². The molecule has 1 aromatic carbocycles. The summed E-state index contributed by atoms with van der Waals surface area (Å²) >= 11 is 0. The number of anilines is 2. The van der Waals surface area contributed by atoms with E-state index in [-0.39, 0.29) is 23.8 Å². The van der Waals surface area contributed by atoms with Crippen LogP contribution in [0, 0.1) is 6.92 Å².